The van der Waals surface area contributed by atoms with Gasteiger partial charge in [0.1, 0.15) is 12.6 Å². The third-order valence-electron chi connectivity index (χ3n) is 6.44. The number of alkyl carbamates (subject to hydrolysis) is 1. The van der Waals surface area contributed by atoms with Gasteiger partial charge in [-0.25, -0.2) is 9.59 Å². The minimum Gasteiger partial charge on any atom is -0.480 e. The Hall–Kier alpha value is -3.35. The molecular formula is C28H36N2O5. The van der Waals surface area contributed by atoms with E-state index in [0.717, 1.165) is 32.1 Å². The van der Waals surface area contributed by atoms with Crippen LogP contribution in [0.2, 0.25) is 0 Å². The van der Waals surface area contributed by atoms with Crippen LogP contribution in [0.5, 0.6) is 0 Å². The molecule has 35 heavy (non-hydrogen) atoms. The molecule has 2 amide bonds. The van der Waals surface area contributed by atoms with E-state index in [1.54, 1.807) is 13.8 Å². The van der Waals surface area contributed by atoms with Gasteiger partial charge in [-0.15, -0.1) is 0 Å². The lowest BCUT2D eigenvalue weighted by Crippen LogP contribution is -2.44. The Bertz CT molecular complexity index is 974. The predicted octanol–water partition coefficient (Wildman–Crippen LogP) is 5.09. The van der Waals surface area contributed by atoms with E-state index < -0.39 is 18.1 Å². The molecule has 0 saturated heterocycles. The quantitative estimate of drug-likeness (QED) is 0.346. The van der Waals surface area contributed by atoms with Crippen LogP contribution in [0.3, 0.4) is 0 Å². The Morgan fingerprint density at radius 3 is 2.06 bits per heavy atom. The molecule has 0 aliphatic heterocycles. The van der Waals surface area contributed by atoms with Crippen LogP contribution in [0.25, 0.3) is 11.1 Å². The number of carboxylic acids is 1. The molecule has 7 heteroatoms. The summed E-state index contributed by atoms with van der Waals surface area (Å²) in [7, 11) is 0. The predicted molar refractivity (Wildman–Crippen MR) is 135 cm³/mol. The Morgan fingerprint density at radius 1 is 0.886 bits per heavy atom. The minimum absolute atomic E-state index is 0.0525. The van der Waals surface area contributed by atoms with Crippen LogP contribution in [0.4, 0.5) is 4.79 Å². The molecule has 1 aliphatic rings. The van der Waals surface area contributed by atoms with E-state index in [2.05, 4.69) is 34.9 Å². The largest absolute Gasteiger partial charge is 0.480 e. The average Bonchev–Trinajstić information content (AvgIpc) is 3.16. The van der Waals surface area contributed by atoms with E-state index in [9.17, 15) is 14.4 Å². The van der Waals surface area contributed by atoms with Crippen LogP contribution >= 0.6 is 0 Å². The number of fused-ring (bicyclic) bond motifs is 3. The number of carbonyl (C=O) groups excluding carboxylic acids is 2. The van der Waals surface area contributed by atoms with Crippen LogP contribution in [-0.2, 0) is 14.3 Å². The summed E-state index contributed by atoms with van der Waals surface area (Å²) in [6.45, 7) is 4.40. The van der Waals surface area contributed by atoms with Crippen LogP contribution in [-0.4, -0.2) is 42.3 Å². The van der Waals surface area contributed by atoms with Gasteiger partial charge in [0.25, 0.3) is 0 Å². The highest BCUT2D eigenvalue weighted by atomic mass is 16.5. The van der Waals surface area contributed by atoms with Gasteiger partial charge in [-0.2, -0.15) is 0 Å². The molecule has 1 unspecified atom stereocenters. The summed E-state index contributed by atoms with van der Waals surface area (Å²) < 4.78 is 5.54. The van der Waals surface area contributed by atoms with Gasteiger partial charge in [-0.1, -0.05) is 81.6 Å². The molecule has 1 atom stereocenters. The zero-order chi connectivity index (χ0) is 25.2. The molecule has 0 fully saturated rings. The normalized spacial score (nSPS) is 13.1. The third-order valence-corrected chi connectivity index (χ3v) is 6.44. The van der Waals surface area contributed by atoms with Crippen molar-refractivity contribution in [2.45, 2.75) is 64.3 Å². The first-order chi connectivity index (χ1) is 16.9. The van der Waals surface area contributed by atoms with Gasteiger partial charge in [-0.3, -0.25) is 4.79 Å². The highest BCUT2D eigenvalue weighted by Crippen LogP contribution is 2.44. The number of amides is 2. The van der Waals surface area contributed by atoms with E-state index in [1.165, 1.54) is 22.3 Å². The summed E-state index contributed by atoms with van der Waals surface area (Å²) in [5.74, 6) is -1.32. The van der Waals surface area contributed by atoms with Crippen LogP contribution in [0.1, 0.15) is 69.4 Å². The van der Waals surface area contributed by atoms with Crippen molar-refractivity contribution in [1.82, 2.24) is 10.6 Å². The molecule has 3 rings (SSSR count). The number of rotatable bonds is 13. The molecule has 0 saturated carbocycles. The molecule has 0 radical (unpaired) electrons. The zero-order valence-corrected chi connectivity index (χ0v) is 20.6. The number of aliphatic carboxylic acids is 1. The van der Waals surface area contributed by atoms with Gasteiger partial charge in [-0.05, 0) is 41.0 Å². The van der Waals surface area contributed by atoms with E-state index in [0.29, 0.717) is 19.6 Å². The molecular weight excluding hydrogens is 444 g/mol. The first kappa shape index (κ1) is 26.3. The number of unbranched alkanes of at least 4 members (excludes halogenated alkanes) is 4. The third kappa shape index (κ3) is 7.31. The van der Waals surface area contributed by atoms with Gasteiger partial charge < -0.3 is 20.5 Å². The number of hydrogen-bond donors (Lipinski definition) is 3. The van der Waals surface area contributed by atoms with E-state index in [-0.39, 0.29) is 17.7 Å². The van der Waals surface area contributed by atoms with Gasteiger partial charge in [0, 0.05) is 18.9 Å². The smallest absolute Gasteiger partial charge is 0.407 e. The van der Waals surface area contributed by atoms with Crippen molar-refractivity contribution in [2.75, 3.05) is 13.2 Å². The highest BCUT2D eigenvalue weighted by molar-refractivity contribution is 5.83. The number of ether oxygens (including phenoxy) is 1. The summed E-state index contributed by atoms with van der Waals surface area (Å²) in [6, 6.07) is 15.7. The standard InChI is InChI=1S/C28H36N2O5/c1-19(2)26(27(32)33)30-25(31)16-6-4-3-5-11-17-29-28(34)35-18-24-22-14-9-7-12-20(22)21-13-8-10-15-23(21)24/h7-10,12-15,19,24,26H,3-6,11,16-18H2,1-2H3,(H,29,34)(H,30,31)(H,32,33). The van der Waals surface area contributed by atoms with Crippen LogP contribution < -0.4 is 10.6 Å². The number of carbonyl (C=O) groups is 3. The molecule has 3 N–H and O–H groups in total. The maximum atomic E-state index is 12.2. The second-order valence-corrected chi connectivity index (χ2v) is 9.40. The van der Waals surface area contributed by atoms with Crippen molar-refractivity contribution in [3.05, 3.63) is 59.7 Å². The van der Waals surface area contributed by atoms with Crippen LogP contribution in [0.15, 0.2) is 48.5 Å². The molecule has 0 heterocycles. The molecule has 0 spiro atoms. The highest BCUT2D eigenvalue weighted by Gasteiger charge is 2.29. The van der Waals surface area contributed by atoms with Gasteiger partial charge >= 0.3 is 12.1 Å². The van der Waals surface area contributed by atoms with Gasteiger partial charge in [0.05, 0.1) is 0 Å². The van der Waals surface area contributed by atoms with Gasteiger partial charge in [0.15, 0.2) is 0 Å². The fraction of sp³-hybridized carbons (Fsp3) is 0.464. The van der Waals surface area contributed by atoms with Crippen molar-refractivity contribution in [3.8, 4) is 11.1 Å². The Morgan fingerprint density at radius 2 is 1.46 bits per heavy atom. The number of carboxylic acid groups (broad SMARTS) is 1. The van der Waals surface area contributed by atoms with Gasteiger partial charge in [0.2, 0.25) is 5.91 Å². The summed E-state index contributed by atoms with van der Waals surface area (Å²) >= 11 is 0. The van der Waals surface area contributed by atoms with E-state index in [4.69, 9.17) is 9.84 Å². The number of nitrogens with one attached hydrogen (secondary N) is 2. The SMILES string of the molecule is CC(C)C(NC(=O)CCCCCCCNC(=O)OCC1c2ccccc2-c2ccccc21)C(=O)O. The number of hydrogen-bond acceptors (Lipinski definition) is 4. The maximum Gasteiger partial charge on any atom is 0.407 e. The molecule has 0 aromatic heterocycles. The Kier molecular flexibility index (Phi) is 9.70. The lowest BCUT2D eigenvalue weighted by atomic mass is 9.98. The fourth-order valence-corrected chi connectivity index (χ4v) is 4.54. The Labute approximate surface area is 207 Å². The topological polar surface area (TPSA) is 105 Å². The van der Waals surface area contributed by atoms with Crippen molar-refractivity contribution >= 4 is 18.0 Å². The summed E-state index contributed by atoms with van der Waals surface area (Å²) in [5, 5.41) is 14.5. The van der Waals surface area contributed by atoms with Crippen molar-refractivity contribution in [2.24, 2.45) is 5.92 Å². The van der Waals surface area contributed by atoms with Crippen LogP contribution in [0, 0.1) is 5.92 Å². The summed E-state index contributed by atoms with van der Waals surface area (Å²) in [5.41, 5.74) is 4.79. The summed E-state index contributed by atoms with van der Waals surface area (Å²) in [6.07, 6.45) is 4.26. The monoisotopic (exact) mass is 480 g/mol. The fourth-order valence-electron chi connectivity index (χ4n) is 4.54. The molecule has 2 aromatic rings. The lowest BCUT2D eigenvalue weighted by molar-refractivity contribution is -0.143. The minimum atomic E-state index is -1.00. The molecule has 188 valence electrons. The molecule has 2 aromatic carbocycles. The maximum absolute atomic E-state index is 12.2. The lowest BCUT2D eigenvalue weighted by Gasteiger charge is -2.17. The molecule has 1 aliphatic carbocycles. The van der Waals surface area contributed by atoms with Crippen molar-refractivity contribution in [1.29, 1.82) is 0 Å². The second-order valence-electron chi connectivity index (χ2n) is 9.40. The Balaban J connectivity index is 1.27. The van der Waals surface area contributed by atoms with Crippen molar-refractivity contribution in [3.63, 3.8) is 0 Å². The second kappa shape index (κ2) is 12.9. The number of benzene rings is 2. The zero-order valence-electron chi connectivity index (χ0n) is 20.6. The van der Waals surface area contributed by atoms with Crippen molar-refractivity contribution < 1.29 is 24.2 Å². The summed E-state index contributed by atoms with van der Waals surface area (Å²) in [4.78, 5) is 35.3. The molecule has 0 bridgehead atoms. The van der Waals surface area contributed by atoms with E-state index >= 15 is 0 Å². The van der Waals surface area contributed by atoms with E-state index in [1.807, 2.05) is 24.3 Å². The first-order valence-corrected chi connectivity index (χ1v) is 12.5. The average molecular weight is 481 g/mol. The molecule has 7 nitrogen and oxygen atoms in total. The first-order valence-electron chi connectivity index (χ1n) is 12.5.